The van der Waals surface area contributed by atoms with Crippen molar-refractivity contribution in [2.75, 3.05) is 59.6 Å². The van der Waals surface area contributed by atoms with Gasteiger partial charge in [-0.15, -0.1) is 0 Å². The number of sulfonamides is 2. The van der Waals surface area contributed by atoms with Crippen LogP contribution in [0, 0.1) is 5.82 Å². The minimum Gasteiger partial charge on any atom is -0.369 e. The van der Waals surface area contributed by atoms with Crippen LogP contribution in [-0.2, 0) is 26.5 Å². The standard InChI is InChI=1S/C20H27FN4O4S2/c1-30(26,27)22-17-5-3-16(4-6-17)9-10-24-11-13-25(14-12-24)18-7-8-20(19(21)15-18)23-31(2,28)29/h3-8,15,22-23H,9-14H2,1-2H3. The van der Waals surface area contributed by atoms with Crippen LogP contribution in [0.15, 0.2) is 42.5 Å². The third-order valence-corrected chi connectivity index (χ3v) is 6.16. The van der Waals surface area contributed by atoms with Gasteiger partial charge in [-0.2, -0.15) is 0 Å². The summed E-state index contributed by atoms with van der Waals surface area (Å²) < 4.78 is 64.0. The highest BCUT2D eigenvalue weighted by Crippen LogP contribution is 2.24. The summed E-state index contributed by atoms with van der Waals surface area (Å²) in [7, 11) is -6.80. The number of hydrogen-bond acceptors (Lipinski definition) is 6. The zero-order valence-corrected chi connectivity index (χ0v) is 19.1. The first kappa shape index (κ1) is 23.3. The van der Waals surface area contributed by atoms with E-state index in [0.29, 0.717) is 5.69 Å². The Morgan fingerprint density at radius 1 is 0.871 bits per heavy atom. The fourth-order valence-corrected chi connectivity index (χ4v) is 4.58. The lowest BCUT2D eigenvalue weighted by Gasteiger charge is -2.36. The third kappa shape index (κ3) is 7.37. The van der Waals surface area contributed by atoms with Crippen molar-refractivity contribution in [1.29, 1.82) is 0 Å². The van der Waals surface area contributed by atoms with E-state index in [2.05, 4.69) is 19.2 Å². The first-order chi connectivity index (χ1) is 14.5. The van der Waals surface area contributed by atoms with Crippen LogP contribution < -0.4 is 14.3 Å². The summed E-state index contributed by atoms with van der Waals surface area (Å²) in [6.07, 6.45) is 2.95. The number of piperazine rings is 1. The van der Waals surface area contributed by atoms with Crippen molar-refractivity contribution in [3.8, 4) is 0 Å². The van der Waals surface area contributed by atoms with Crippen LogP contribution in [0.25, 0.3) is 0 Å². The van der Waals surface area contributed by atoms with Crippen molar-refractivity contribution in [2.45, 2.75) is 6.42 Å². The van der Waals surface area contributed by atoms with E-state index in [0.717, 1.165) is 62.9 Å². The Bertz CT molecular complexity index is 1110. The van der Waals surface area contributed by atoms with Crippen LogP contribution in [0.4, 0.5) is 21.5 Å². The van der Waals surface area contributed by atoms with E-state index in [4.69, 9.17) is 0 Å². The number of hydrogen-bond donors (Lipinski definition) is 2. The molecule has 1 saturated heterocycles. The molecule has 1 heterocycles. The van der Waals surface area contributed by atoms with Gasteiger partial charge in [-0.1, -0.05) is 12.1 Å². The van der Waals surface area contributed by atoms with Crippen molar-refractivity contribution in [3.63, 3.8) is 0 Å². The lowest BCUT2D eigenvalue weighted by molar-refractivity contribution is 0.261. The second-order valence-electron chi connectivity index (χ2n) is 7.69. The predicted octanol–water partition coefficient (Wildman–Crippen LogP) is 1.93. The van der Waals surface area contributed by atoms with Gasteiger partial charge in [-0.3, -0.25) is 14.3 Å². The van der Waals surface area contributed by atoms with E-state index >= 15 is 0 Å². The monoisotopic (exact) mass is 470 g/mol. The highest BCUT2D eigenvalue weighted by Gasteiger charge is 2.18. The van der Waals surface area contributed by atoms with Gasteiger partial charge in [0.05, 0.1) is 18.2 Å². The lowest BCUT2D eigenvalue weighted by atomic mass is 10.1. The molecule has 31 heavy (non-hydrogen) atoms. The topological polar surface area (TPSA) is 98.8 Å². The Labute approximate surface area is 183 Å². The van der Waals surface area contributed by atoms with Crippen molar-refractivity contribution in [1.82, 2.24) is 4.90 Å². The Morgan fingerprint density at radius 3 is 2.03 bits per heavy atom. The number of anilines is 3. The molecule has 0 aromatic heterocycles. The van der Waals surface area contributed by atoms with Gasteiger partial charge in [0.15, 0.2) is 0 Å². The normalized spacial score (nSPS) is 15.6. The van der Waals surface area contributed by atoms with Crippen LogP contribution in [0.3, 0.4) is 0 Å². The fraction of sp³-hybridized carbons (Fsp3) is 0.400. The van der Waals surface area contributed by atoms with Crippen molar-refractivity contribution < 1.29 is 21.2 Å². The van der Waals surface area contributed by atoms with Gasteiger partial charge < -0.3 is 4.90 Å². The van der Waals surface area contributed by atoms with Crippen molar-refractivity contribution in [2.24, 2.45) is 0 Å². The minimum atomic E-state index is -3.53. The molecule has 0 aliphatic carbocycles. The summed E-state index contributed by atoms with van der Waals surface area (Å²) in [5.74, 6) is -0.598. The molecule has 0 bridgehead atoms. The Kier molecular flexibility index (Phi) is 7.07. The summed E-state index contributed by atoms with van der Waals surface area (Å²) in [5.41, 5.74) is 2.34. The third-order valence-electron chi connectivity index (χ3n) is 4.96. The molecule has 0 atom stereocenters. The maximum absolute atomic E-state index is 14.2. The number of nitrogens with zero attached hydrogens (tertiary/aromatic N) is 2. The highest BCUT2D eigenvalue weighted by atomic mass is 32.2. The Balaban J connectivity index is 1.49. The van der Waals surface area contributed by atoms with Crippen LogP contribution in [-0.4, -0.2) is 67.0 Å². The van der Waals surface area contributed by atoms with Crippen LogP contribution in [0.1, 0.15) is 5.56 Å². The Morgan fingerprint density at radius 2 is 1.48 bits per heavy atom. The van der Waals surface area contributed by atoms with E-state index in [1.807, 2.05) is 12.1 Å². The van der Waals surface area contributed by atoms with Gasteiger partial charge in [-0.25, -0.2) is 21.2 Å². The second-order valence-corrected chi connectivity index (χ2v) is 11.2. The molecule has 0 unspecified atom stereocenters. The van der Waals surface area contributed by atoms with Gasteiger partial charge in [0.2, 0.25) is 20.0 Å². The number of benzene rings is 2. The van der Waals surface area contributed by atoms with Crippen molar-refractivity contribution in [3.05, 3.63) is 53.8 Å². The minimum absolute atomic E-state index is 0.0531. The molecule has 0 spiro atoms. The molecular weight excluding hydrogens is 443 g/mol. The molecule has 1 fully saturated rings. The molecule has 0 radical (unpaired) electrons. The van der Waals surface area contributed by atoms with Gasteiger partial charge in [-0.05, 0) is 42.3 Å². The highest BCUT2D eigenvalue weighted by molar-refractivity contribution is 7.92. The summed E-state index contributed by atoms with van der Waals surface area (Å²) >= 11 is 0. The molecule has 0 amide bonds. The molecule has 2 aromatic carbocycles. The summed E-state index contributed by atoms with van der Waals surface area (Å²) in [6.45, 7) is 4.03. The maximum atomic E-state index is 14.2. The SMILES string of the molecule is CS(=O)(=O)Nc1ccc(CCN2CCN(c3ccc(NS(C)(=O)=O)c(F)c3)CC2)cc1. The molecule has 11 heteroatoms. The second kappa shape index (κ2) is 9.41. The van der Waals surface area contributed by atoms with Gasteiger partial charge in [0.1, 0.15) is 5.82 Å². The number of halogens is 1. The van der Waals surface area contributed by atoms with E-state index in [1.165, 1.54) is 12.1 Å². The fourth-order valence-electron chi connectivity index (χ4n) is 3.45. The maximum Gasteiger partial charge on any atom is 0.229 e. The Hall–Kier alpha value is -2.37. The van der Waals surface area contributed by atoms with Gasteiger partial charge in [0.25, 0.3) is 0 Å². The largest absolute Gasteiger partial charge is 0.369 e. The smallest absolute Gasteiger partial charge is 0.229 e. The molecule has 2 N–H and O–H groups in total. The first-order valence-corrected chi connectivity index (χ1v) is 13.6. The van der Waals surface area contributed by atoms with Gasteiger partial charge in [0, 0.05) is 44.1 Å². The summed E-state index contributed by atoms with van der Waals surface area (Å²) in [5, 5.41) is 0. The van der Waals surface area contributed by atoms with E-state index in [9.17, 15) is 21.2 Å². The average molecular weight is 471 g/mol. The quantitative estimate of drug-likeness (QED) is 0.612. The zero-order valence-electron chi connectivity index (χ0n) is 17.5. The molecule has 3 rings (SSSR count). The molecule has 2 aromatic rings. The zero-order chi connectivity index (χ0) is 22.6. The molecule has 170 valence electrons. The lowest BCUT2D eigenvalue weighted by Crippen LogP contribution is -2.47. The van der Waals surface area contributed by atoms with Gasteiger partial charge >= 0.3 is 0 Å². The molecule has 1 aliphatic rings. The summed E-state index contributed by atoms with van der Waals surface area (Å²) in [6, 6.07) is 11.9. The van der Waals surface area contributed by atoms with E-state index < -0.39 is 25.9 Å². The first-order valence-electron chi connectivity index (χ1n) is 9.80. The molecular formula is C20H27FN4O4S2. The van der Waals surface area contributed by atoms with Crippen LogP contribution in [0.2, 0.25) is 0 Å². The predicted molar refractivity (Wildman–Crippen MR) is 122 cm³/mol. The van der Waals surface area contributed by atoms with E-state index in [-0.39, 0.29) is 5.69 Å². The van der Waals surface area contributed by atoms with Crippen molar-refractivity contribution >= 4 is 37.1 Å². The molecule has 0 saturated carbocycles. The molecule has 1 aliphatic heterocycles. The molecule has 8 nitrogen and oxygen atoms in total. The number of nitrogens with one attached hydrogen (secondary N) is 2. The average Bonchev–Trinajstić information content (AvgIpc) is 2.67. The summed E-state index contributed by atoms with van der Waals surface area (Å²) in [4.78, 5) is 4.41. The number of rotatable bonds is 8. The van der Waals surface area contributed by atoms with Crippen LogP contribution >= 0.6 is 0 Å². The van der Waals surface area contributed by atoms with Crippen LogP contribution in [0.5, 0.6) is 0 Å². The van der Waals surface area contributed by atoms with E-state index in [1.54, 1.807) is 18.2 Å².